The van der Waals surface area contributed by atoms with Crippen LogP contribution < -0.4 is 0 Å². The molecule has 0 spiro atoms. The van der Waals surface area contributed by atoms with E-state index in [1.54, 1.807) is 12.4 Å². The van der Waals surface area contributed by atoms with E-state index in [0.717, 1.165) is 18.4 Å². The van der Waals surface area contributed by atoms with E-state index in [-0.39, 0.29) is 5.15 Å². The van der Waals surface area contributed by atoms with Crippen LogP contribution in [0, 0.1) is 5.82 Å². The lowest BCUT2D eigenvalue weighted by Crippen LogP contribution is -1.94. The molecule has 0 amide bonds. The zero-order valence-corrected chi connectivity index (χ0v) is 10.1. The highest BCUT2D eigenvalue weighted by Crippen LogP contribution is 2.18. The molecule has 3 nitrogen and oxygen atoms in total. The molecule has 0 unspecified atom stereocenters. The minimum absolute atomic E-state index is 0.142. The van der Waals surface area contributed by atoms with E-state index in [4.69, 9.17) is 11.6 Å². The van der Waals surface area contributed by atoms with Crippen molar-refractivity contribution < 1.29 is 4.39 Å². The van der Waals surface area contributed by atoms with Crippen LogP contribution in [0.3, 0.4) is 0 Å². The van der Waals surface area contributed by atoms with Gasteiger partial charge in [0.1, 0.15) is 0 Å². The maximum Gasteiger partial charge on any atom is 0.164 e. The molecule has 0 aliphatic carbocycles. The molecular formula is C12H11ClFN3. The molecule has 17 heavy (non-hydrogen) atoms. The summed E-state index contributed by atoms with van der Waals surface area (Å²) in [6.07, 6.45) is 6.93. The van der Waals surface area contributed by atoms with Gasteiger partial charge in [-0.2, -0.15) is 0 Å². The summed E-state index contributed by atoms with van der Waals surface area (Å²) in [7, 11) is 0. The van der Waals surface area contributed by atoms with Gasteiger partial charge < -0.3 is 0 Å². The second-order valence-electron chi connectivity index (χ2n) is 3.66. The van der Waals surface area contributed by atoms with Gasteiger partial charge in [-0.25, -0.2) is 19.3 Å². The van der Waals surface area contributed by atoms with Crippen molar-refractivity contribution in [3.05, 3.63) is 41.2 Å². The molecule has 0 atom stereocenters. The van der Waals surface area contributed by atoms with Crippen LogP contribution in [0.15, 0.2) is 24.7 Å². The average molecular weight is 252 g/mol. The fourth-order valence-corrected chi connectivity index (χ4v) is 1.57. The Balaban J connectivity index is 2.30. The molecule has 0 aromatic carbocycles. The maximum atomic E-state index is 13.2. The number of hydrogen-bond donors (Lipinski definition) is 0. The zero-order chi connectivity index (χ0) is 12.3. The predicted octanol–water partition coefficient (Wildman–Crippen LogP) is 3.28. The summed E-state index contributed by atoms with van der Waals surface area (Å²) in [5.41, 5.74) is 1.59. The Morgan fingerprint density at radius 2 is 1.88 bits per heavy atom. The molecule has 0 radical (unpaired) electrons. The van der Waals surface area contributed by atoms with Gasteiger partial charge >= 0.3 is 0 Å². The van der Waals surface area contributed by atoms with Crippen LogP contribution in [0.2, 0.25) is 5.15 Å². The Hall–Kier alpha value is -1.55. The Morgan fingerprint density at radius 1 is 1.18 bits per heavy atom. The second kappa shape index (κ2) is 5.19. The average Bonchev–Trinajstić information content (AvgIpc) is 2.34. The largest absolute Gasteiger partial charge is 0.241 e. The summed E-state index contributed by atoms with van der Waals surface area (Å²) >= 11 is 5.51. The number of halogens is 2. The summed E-state index contributed by atoms with van der Waals surface area (Å²) < 4.78 is 13.2. The molecule has 2 heterocycles. The highest BCUT2D eigenvalue weighted by molar-refractivity contribution is 6.29. The molecule has 0 saturated heterocycles. The van der Waals surface area contributed by atoms with Crippen molar-refractivity contribution in [1.29, 1.82) is 0 Å². The predicted molar refractivity (Wildman–Crippen MR) is 64.2 cm³/mol. The molecule has 0 bridgehead atoms. The molecule has 0 fully saturated rings. The molecule has 0 N–H and O–H groups in total. The van der Waals surface area contributed by atoms with E-state index < -0.39 is 5.82 Å². The number of hydrogen-bond acceptors (Lipinski definition) is 3. The van der Waals surface area contributed by atoms with E-state index in [1.165, 1.54) is 12.3 Å². The maximum absolute atomic E-state index is 13.2. The first-order valence-electron chi connectivity index (χ1n) is 5.33. The fourth-order valence-electron chi connectivity index (χ4n) is 1.47. The first-order chi connectivity index (χ1) is 8.20. The quantitative estimate of drug-likeness (QED) is 0.786. The number of aromatic nitrogens is 3. The van der Waals surface area contributed by atoms with Gasteiger partial charge in [0.05, 0.1) is 0 Å². The van der Waals surface area contributed by atoms with E-state index >= 15 is 0 Å². The van der Waals surface area contributed by atoms with Crippen molar-refractivity contribution in [2.75, 3.05) is 0 Å². The highest BCUT2D eigenvalue weighted by Gasteiger charge is 2.06. The second-order valence-corrected chi connectivity index (χ2v) is 4.02. The first-order valence-corrected chi connectivity index (χ1v) is 5.71. The summed E-state index contributed by atoms with van der Waals surface area (Å²) in [6, 6.07) is 1.28. The lowest BCUT2D eigenvalue weighted by Gasteiger charge is -2.02. The monoisotopic (exact) mass is 251 g/mol. The third-order valence-electron chi connectivity index (χ3n) is 2.30. The summed E-state index contributed by atoms with van der Waals surface area (Å²) in [4.78, 5) is 12.1. The summed E-state index contributed by atoms with van der Waals surface area (Å²) in [5.74, 6) is -0.113. The van der Waals surface area contributed by atoms with Gasteiger partial charge in [-0.1, -0.05) is 24.9 Å². The van der Waals surface area contributed by atoms with Crippen LogP contribution in [0.4, 0.5) is 4.39 Å². The first kappa shape index (κ1) is 11.9. The number of pyridine rings is 1. The van der Waals surface area contributed by atoms with Crippen LogP contribution >= 0.6 is 11.6 Å². The van der Waals surface area contributed by atoms with Crippen molar-refractivity contribution in [1.82, 2.24) is 15.0 Å². The molecule has 2 aromatic rings. The molecule has 0 aliphatic heterocycles. The van der Waals surface area contributed by atoms with Crippen molar-refractivity contribution in [3.63, 3.8) is 0 Å². The molecule has 0 saturated carbocycles. The number of aryl methyl sites for hydroxylation is 1. The molecular weight excluding hydrogens is 241 g/mol. The van der Waals surface area contributed by atoms with Crippen molar-refractivity contribution in [2.24, 2.45) is 0 Å². The third kappa shape index (κ3) is 2.77. The Kier molecular flexibility index (Phi) is 3.64. The number of rotatable bonds is 3. The van der Waals surface area contributed by atoms with Crippen LogP contribution in [-0.4, -0.2) is 15.0 Å². The van der Waals surface area contributed by atoms with Crippen molar-refractivity contribution in [3.8, 4) is 11.4 Å². The van der Waals surface area contributed by atoms with E-state index in [1.807, 2.05) is 0 Å². The number of nitrogens with zero attached hydrogens (tertiary/aromatic N) is 3. The Bertz CT molecular complexity index is 514. The van der Waals surface area contributed by atoms with Gasteiger partial charge in [-0.15, -0.1) is 0 Å². The van der Waals surface area contributed by atoms with E-state index in [9.17, 15) is 4.39 Å². The van der Waals surface area contributed by atoms with E-state index in [0.29, 0.717) is 11.4 Å². The lowest BCUT2D eigenvalue weighted by atomic mass is 10.2. The van der Waals surface area contributed by atoms with Crippen molar-refractivity contribution in [2.45, 2.75) is 19.8 Å². The van der Waals surface area contributed by atoms with Gasteiger partial charge in [0, 0.05) is 24.2 Å². The standard InChI is InChI=1S/C12H11ClFN3/c1-2-3-8-5-16-12(17-6-8)9-4-10(14)11(13)15-7-9/h4-7H,2-3H2,1H3. The Morgan fingerprint density at radius 3 is 2.47 bits per heavy atom. The molecule has 2 aromatic heterocycles. The van der Waals surface area contributed by atoms with Crippen LogP contribution in [0.5, 0.6) is 0 Å². The van der Waals surface area contributed by atoms with E-state index in [2.05, 4.69) is 21.9 Å². The van der Waals surface area contributed by atoms with Gasteiger partial charge in [-0.05, 0) is 18.1 Å². The van der Waals surface area contributed by atoms with Gasteiger partial charge in [-0.3, -0.25) is 0 Å². The summed E-state index contributed by atoms with van der Waals surface area (Å²) in [6.45, 7) is 2.09. The third-order valence-corrected chi connectivity index (χ3v) is 2.58. The molecule has 2 rings (SSSR count). The normalized spacial score (nSPS) is 10.5. The van der Waals surface area contributed by atoms with Crippen LogP contribution in [0.25, 0.3) is 11.4 Å². The Labute approximate surface area is 104 Å². The van der Waals surface area contributed by atoms with Crippen LogP contribution in [-0.2, 0) is 6.42 Å². The SMILES string of the molecule is CCCc1cnc(-c2cnc(Cl)c(F)c2)nc1. The molecule has 5 heteroatoms. The topological polar surface area (TPSA) is 38.7 Å². The zero-order valence-electron chi connectivity index (χ0n) is 9.32. The summed E-state index contributed by atoms with van der Waals surface area (Å²) in [5, 5.41) is -0.142. The van der Waals surface area contributed by atoms with Crippen LogP contribution in [0.1, 0.15) is 18.9 Å². The van der Waals surface area contributed by atoms with Gasteiger partial charge in [0.25, 0.3) is 0 Å². The highest BCUT2D eigenvalue weighted by atomic mass is 35.5. The lowest BCUT2D eigenvalue weighted by molar-refractivity contribution is 0.622. The fraction of sp³-hybridized carbons (Fsp3) is 0.250. The van der Waals surface area contributed by atoms with Gasteiger partial charge in [0.15, 0.2) is 16.8 Å². The minimum Gasteiger partial charge on any atom is -0.241 e. The smallest absolute Gasteiger partial charge is 0.164 e. The van der Waals surface area contributed by atoms with Crippen molar-refractivity contribution >= 4 is 11.6 Å². The van der Waals surface area contributed by atoms with Gasteiger partial charge in [0.2, 0.25) is 0 Å². The molecule has 0 aliphatic rings. The minimum atomic E-state index is -0.564. The molecule has 88 valence electrons.